The molecule has 0 aliphatic heterocycles. The molecule has 0 spiro atoms. The van der Waals surface area contributed by atoms with Crippen molar-refractivity contribution in [1.82, 2.24) is 5.32 Å². The number of hydrogen-bond acceptors (Lipinski definition) is 2. The zero-order valence-electron chi connectivity index (χ0n) is 12.1. The van der Waals surface area contributed by atoms with E-state index in [0.717, 1.165) is 24.0 Å². The number of carbonyl (C=O) groups is 1. The van der Waals surface area contributed by atoms with Crippen molar-refractivity contribution >= 4 is 5.91 Å². The number of ether oxygens (including phenoxy) is 1. The van der Waals surface area contributed by atoms with E-state index >= 15 is 0 Å². The van der Waals surface area contributed by atoms with Crippen LogP contribution in [0.25, 0.3) is 0 Å². The van der Waals surface area contributed by atoms with Gasteiger partial charge < -0.3 is 10.1 Å². The van der Waals surface area contributed by atoms with Crippen molar-refractivity contribution in [3.63, 3.8) is 0 Å². The van der Waals surface area contributed by atoms with Crippen LogP contribution in [-0.4, -0.2) is 19.1 Å². The zero-order chi connectivity index (χ0) is 13.8. The Morgan fingerprint density at radius 2 is 1.89 bits per heavy atom. The highest BCUT2D eigenvalue weighted by Gasteiger charge is 2.20. The van der Waals surface area contributed by atoms with E-state index in [2.05, 4.69) is 5.32 Å². The maximum Gasteiger partial charge on any atom is 0.255 e. The molecule has 104 valence electrons. The number of carbonyl (C=O) groups excluding carboxylic acids is 1. The summed E-state index contributed by atoms with van der Waals surface area (Å²) in [6, 6.07) is 4.27. The normalized spacial score (nSPS) is 16.2. The average Bonchev–Trinajstić information content (AvgIpc) is 2.39. The third-order valence-electron chi connectivity index (χ3n) is 3.81. The maximum absolute atomic E-state index is 12.4. The second kappa shape index (κ2) is 6.09. The van der Waals surface area contributed by atoms with E-state index in [-0.39, 0.29) is 5.91 Å². The predicted molar refractivity (Wildman–Crippen MR) is 76.8 cm³/mol. The van der Waals surface area contributed by atoms with Crippen LogP contribution in [0.4, 0.5) is 0 Å². The molecule has 3 heteroatoms. The Hall–Kier alpha value is -1.51. The Morgan fingerprint density at radius 3 is 2.53 bits per heavy atom. The molecule has 1 aliphatic carbocycles. The highest BCUT2D eigenvalue weighted by molar-refractivity contribution is 5.97. The zero-order valence-corrected chi connectivity index (χ0v) is 12.1. The Balaban J connectivity index is 2.17. The lowest BCUT2D eigenvalue weighted by atomic mass is 9.95. The molecule has 0 heterocycles. The van der Waals surface area contributed by atoms with Crippen molar-refractivity contribution in [2.24, 2.45) is 0 Å². The minimum Gasteiger partial charge on any atom is -0.496 e. The summed E-state index contributed by atoms with van der Waals surface area (Å²) in [6.45, 7) is 3.98. The van der Waals surface area contributed by atoms with Crippen LogP contribution in [0.1, 0.15) is 53.6 Å². The minimum atomic E-state index is -0.00412. The SMILES string of the molecule is COc1c(C)cc(C)cc1C(=O)NC1CCCCC1. The summed E-state index contributed by atoms with van der Waals surface area (Å²) in [4.78, 5) is 12.4. The molecular formula is C16H23NO2. The molecule has 0 saturated heterocycles. The van der Waals surface area contributed by atoms with E-state index in [1.165, 1.54) is 19.3 Å². The quantitative estimate of drug-likeness (QED) is 0.906. The summed E-state index contributed by atoms with van der Waals surface area (Å²) in [5.74, 6) is 0.689. The highest BCUT2D eigenvalue weighted by Crippen LogP contribution is 2.26. The van der Waals surface area contributed by atoms with Crippen LogP contribution in [0.3, 0.4) is 0 Å². The summed E-state index contributed by atoms with van der Waals surface area (Å²) in [5, 5.41) is 3.15. The van der Waals surface area contributed by atoms with Gasteiger partial charge in [0, 0.05) is 6.04 Å². The van der Waals surface area contributed by atoms with Gasteiger partial charge in [0.05, 0.1) is 12.7 Å². The highest BCUT2D eigenvalue weighted by atomic mass is 16.5. The third-order valence-corrected chi connectivity index (χ3v) is 3.81. The van der Waals surface area contributed by atoms with Gasteiger partial charge in [0.25, 0.3) is 5.91 Å². The number of amides is 1. The van der Waals surface area contributed by atoms with Crippen LogP contribution in [0.2, 0.25) is 0 Å². The first-order valence-corrected chi connectivity index (χ1v) is 7.08. The van der Waals surface area contributed by atoms with Gasteiger partial charge in [-0.2, -0.15) is 0 Å². The van der Waals surface area contributed by atoms with Crippen LogP contribution in [0.15, 0.2) is 12.1 Å². The molecule has 0 aromatic heterocycles. The fraction of sp³-hybridized carbons (Fsp3) is 0.562. The molecule has 2 rings (SSSR count). The fourth-order valence-corrected chi connectivity index (χ4v) is 2.90. The van der Waals surface area contributed by atoms with Gasteiger partial charge >= 0.3 is 0 Å². The molecule has 1 saturated carbocycles. The summed E-state index contributed by atoms with van der Waals surface area (Å²) >= 11 is 0. The molecule has 1 aromatic carbocycles. The lowest BCUT2D eigenvalue weighted by Crippen LogP contribution is -2.36. The van der Waals surface area contributed by atoms with Crippen LogP contribution in [-0.2, 0) is 0 Å². The molecule has 1 N–H and O–H groups in total. The second-order valence-corrected chi connectivity index (χ2v) is 5.47. The van der Waals surface area contributed by atoms with Gasteiger partial charge in [-0.05, 0) is 43.9 Å². The molecule has 0 radical (unpaired) electrons. The van der Waals surface area contributed by atoms with Crippen LogP contribution in [0.5, 0.6) is 5.75 Å². The van der Waals surface area contributed by atoms with E-state index in [1.807, 2.05) is 26.0 Å². The first kappa shape index (κ1) is 13.9. The molecule has 3 nitrogen and oxygen atoms in total. The number of benzene rings is 1. The van der Waals surface area contributed by atoms with Gasteiger partial charge in [0.2, 0.25) is 0 Å². The molecule has 0 atom stereocenters. The summed E-state index contributed by atoms with van der Waals surface area (Å²) < 4.78 is 5.38. The summed E-state index contributed by atoms with van der Waals surface area (Å²) in [7, 11) is 1.62. The Kier molecular flexibility index (Phi) is 4.46. The largest absolute Gasteiger partial charge is 0.496 e. The Labute approximate surface area is 115 Å². The molecule has 1 amide bonds. The second-order valence-electron chi connectivity index (χ2n) is 5.47. The van der Waals surface area contributed by atoms with E-state index in [9.17, 15) is 4.79 Å². The number of nitrogens with one attached hydrogen (secondary N) is 1. The van der Waals surface area contributed by atoms with E-state index in [0.29, 0.717) is 17.4 Å². The first-order chi connectivity index (χ1) is 9.11. The van der Waals surface area contributed by atoms with Gasteiger partial charge in [-0.3, -0.25) is 4.79 Å². The first-order valence-electron chi connectivity index (χ1n) is 7.08. The van der Waals surface area contributed by atoms with Gasteiger partial charge in [0.15, 0.2) is 0 Å². The van der Waals surface area contributed by atoms with Gasteiger partial charge in [-0.25, -0.2) is 0 Å². The molecule has 0 bridgehead atoms. The minimum absolute atomic E-state index is 0.00412. The molecule has 19 heavy (non-hydrogen) atoms. The standard InChI is InChI=1S/C16H23NO2/c1-11-9-12(2)15(19-3)14(10-11)16(18)17-13-7-5-4-6-8-13/h9-10,13H,4-8H2,1-3H3,(H,17,18). The van der Waals surface area contributed by atoms with E-state index < -0.39 is 0 Å². The van der Waals surface area contributed by atoms with Crippen LogP contribution in [0, 0.1) is 13.8 Å². The van der Waals surface area contributed by atoms with Crippen molar-refractivity contribution in [3.05, 3.63) is 28.8 Å². The third kappa shape index (κ3) is 3.28. The van der Waals surface area contributed by atoms with Crippen molar-refractivity contribution in [1.29, 1.82) is 0 Å². The molecular weight excluding hydrogens is 238 g/mol. The Morgan fingerprint density at radius 1 is 1.21 bits per heavy atom. The number of rotatable bonds is 3. The number of hydrogen-bond donors (Lipinski definition) is 1. The van der Waals surface area contributed by atoms with Crippen molar-refractivity contribution in [2.75, 3.05) is 7.11 Å². The monoisotopic (exact) mass is 261 g/mol. The molecule has 1 fully saturated rings. The average molecular weight is 261 g/mol. The van der Waals surface area contributed by atoms with Crippen LogP contribution >= 0.6 is 0 Å². The van der Waals surface area contributed by atoms with Crippen molar-refractivity contribution in [2.45, 2.75) is 52.0 Å². The van der Waals surface area contributed by atoms with Gasteiger partial charge in [-0.15, -0.1) is 0 Å². The summed E-state index contributed by atoms with van der Waals surface area (Å²) in [5.41, 5.74) is 2.76. The van der Waals surface area contributed by atoms with E-state index in [4.69, 9.17) is 4.74 Å². The maximum atomic E-state index is 12.4. The van der Waals surface area contributed by atoms with Crippen LogP contribution < -0.4 is 10.1 Å². The summed E-state index contributed by atoms with van der Waals surface area (Å²) in [6.07, 6.45) is 5.92. The van der Waals surface area contributed by atoms with Crippen molar-refractivity contribution in [3.8, 4) is 5.75 Å². The molecule has 1 aliphatic rings. The Bertz CT molecular complexity index is 462. The fourth-order valence-electron chi connectivity index (χ4n) is 2.90. The topological polar surface area (TPSA) is 38.3 Å². The lowest BCUT2D eigenvalue weighted by Gasteiger charge is -2.23. The molecule has 1 aromatic rings. The molecule has 0 unspecified atom stereocenters. The number of methoxy groups -OCH3 is 1. The van der Waals surface area contributed by atoms with Crippen molar-refractivity contribution < 1.29 is 9.53 Å². The van der Waals surface area contributed by atoms with Gasteiger partial charge in [-0.1, -0.05) is 25.3 Å². The predicted octanol–water partition coefficient (Wildman–Crippen LogP) is 3.37. The number of aryl methyl sites for hydroxylation is 2. The smallest absolute Gasteiger partial charge is 0.255 e. The van der Waals surface area contributed by atoms with E-state index in [1.54, 1.807) is 7.11 Å². The lowest BCUT2D eigenvalue weighted by molar-refractivity contribution is 0.0924. The van der Waals surface area contributed by atoms with Gasteiger partial charge in [0.1, 0.15) is 5.75 Å².